The number of aryl methyl sites for hydroxylation is 1. The molecule has 3 nitrogen and oxygen atoms in total. The molecule has 18 heavy (non-hydrogen) atoms. The second kappa shape index (κ2) is 6.55. The highest BCUT2D eigenvalue weighted by molar-refractivity contribution is 5.69. The van der Waals surface area contributed by atoms with Gasteiger partial charge in [-0.1, -0.05) is 24.3 Å². The van der Waals surface area contributed by atoms with Crippen LogP contribution in [-0.2, 0) is 22.4 Å². The monoisotopic (exact) mass is 247 g/mol. The first-order valence-electron chi connectivity index (χ1n) is 6.66. The van der Waals surface area contributed by atoms with Crippen LogP contribution in [-0.4, -0.2) is 25.7 Å². The van der Waals surface area contributed by atoms with Crippen molar-refractivity contribution in [3.63, 3.8) is 0 Å². The van der Waals surface area contributed by atoms with Crippen molar-refractivity contribution in [2.24, 2.45) is 0 Å². The summed E-state index contributed by atoms with van der Waals surface area (Å²) in [4.78, 5) is 11.0. The number of ether oxygens (including phenoxy) is 1. The minimum absolute atomic E-state index is 0.120. The van der Waals surface area contributed by atoms with Gasteiger partial charge in [-0.25, -0.2) is 0 Å². The van der Waals surface area contributed by atoms with Crippen molar-refractivity contribution in [2.45, 2.75) is 38.1 Å². The maximum atomic E-state index is 11.0. The minimum Gasteiger partial charge on any atom is -0.469 e. The van der Waals surface area contributed by atoms with Gasteiger partial charge in [0.15, 0.2) is 0 Å². The van der Waals surface area contributed by atoms with Gasteiger partial charge in [-0.2, -0.15) is 0 Å². The van der Waals surface area contributed by atoms with Gasteiger partial charge in [-0.05, 0) is 43.4 Å². The number of benzene rings is 1. The molecule has 1 unspecified atom stereocenters. The highest BCUT2D eigenvalue weighted by Gasteiger charge is 2.17. The number of methoxy groups -OCH3 is 1. The third-order valence-electron chi connectivity index (χ3n) is 3.57. The van der Waals surface area contributed by atoms with Gasteiger partial charge in [0.25, 0.3) is 0 Å². The lowest BCUT2D eigenvalue weighted by atomic mass is 9.88. The molecule has 1 N–H and O–H groups in total. The fourth-order valence-corrected chi connectivity index (χ4v) is 2.51. The SMILES string of the molecule is COC(=O)CCCNC1CCc2ccccc2C1. The summed E-state index contributed by atoms with van der Waals surface area (Å²) in [5.74, 6) is -0.120. The summed E-state index contributed by atoms with van der Waals surface area (Å²) in [7, 11) is 1.44. The number of rotatable bonds is 5. The lowest BCUT2D eigenvalue weighted by Gasteiger charge is -2.25. The van der Waals surface area contributed by atoms with Gasteiger partial charge in [0.1, 0.15) is 0 Å². The van der Waals surface area contributed by atoms with E-state index < -0.39 is 0 Å². The number of nitrogens with one attached hydrogen (secondary N) is 1. The van der Waals surface area contributed by atoms with E-state index in [4.69, 9.17) is 0 Å². The Hall–Kier alpha value is -1.35. The molecule has 0 radical (unpaired) electrons. The summed E-state index contributed by atoms with van der Waals surface area (Å²) in [5, 5.41) is 3.53. The number of hydrogen-bond acceptors (Lipinski definition) is 3. The molecule has 0 bridgehead atoms. The zero-order chi connectivity index (χ0) is 12.8. The smallest absolute Gasteiger partial charge is 0.305 e. The van der Waals surface area contributed by atoms with Gasteiger partial charge >= 0.3 is 5.97 Å². The van der Waals surface area contributed by atoms with Gasteiger partial charge in [0, 0.05) is 12.5 Å². The molecule has 1 aliphatic rings. The molecule has 1 aliphatic carbocycles. The predicted octanol–water partition coefficient (Wildman–Crippen LogP) is 2.09. The molecule has 0 saturated heterocycles. The van der Waals surface area contributed by atoms with E-state index in [0.29, 0.717) is 12.5 Å². The Labute approximate surface area is 109 Å². The van der Waals surface area contributed by atoms with Crippen LogP contribution < -0.4 is 5.32 Å². The summed E-state index contributed by atoms with van der Waals surface area (Å²) in [6, 6.07) is 9.22. The third kappa shape index (κ3) is 3.57. The van der Waals surface area contributed by atoms with Gasteiger partial charge in [-0.3, -0.25) is 4.79 Å². The molecule has 1 atom stereocenters. The van der Waals surface area contributed by atoms with Gasteiger partial charge < -0.3 is 10.1 Å². The van der Waals surface area contributed by atoms with Crippen LogP contribution in [0.2, 0.25) is 0 Å². The van der Waals surface area contributed by atoms with Crippen LogP contribution in [0.1, 0.15) is 30.4 Å². The molecule has 0 amide bonds. The number of carbonyl (C=O) groups excluding carboxylic acids is 1. The second-order valence-electron chi connectivity index (χ2n) is 4.84. The summed E-state index contributed by atoms with van der Waals surface area (Å²) >= 11 is 0. The van der Waals surface area contributed by atoms with Crippen molar-refractivity contribution in [1.29, 1.82) is 0 Å². The Balaban J connectivity index is 1.72. The molecular weight excluding hydrogens is 226 g/mol. The summed E-state index contributed by atoms with van der Waals surface area (Å²) in [6.07, 6.45) is 4.81. The maximum absolute atomic E-state index is 11.0. The van der Waals surface area contributed by atoms with Crippen molar-refractivity contribution in [3.8, 4) is 0 Å². The van der Waals surface area contributed by atoms with Crippen LogP contribution in [0.15, 0.2) is 24.3 Å². The summed E-state index contributed by atoms with van der Waals surface area (Å²) < 4.78 is 4.62. The fraction of sp³-hybridized carbons (Fsp3) is 0.533. The molecule has 0 spiro atoms. The highest BCUT2D eigenvalue weighted by Crippen LogP contribution is 2.20. The van der Waals surface area contributed by atoms with E-state index in [-0.39, 0.29) is 5.97 Å². The topological polar surface area (TPSA) is 38.3 Å². The number of fused-ring (bicyclic) bond motifs is 1. The van der Waals surface area contributed by atoms with Crippen LogP contribution in [0, 0.1) is 0 Å². The van der Waals surface area contributed by atoms with Crippen LogP contribution in [0.4, 0.5) is 0 Å². The fourth-order valence-electron chi connectivity index (χ4n) is 2.51. The molecule has 1 aromatic carbocycles. The maximum Gasteiger partial charge on any atom is 0.305 e. The molecular formula is C15H21NO2. The molecule has 0 heterocycles. The van der Waals surface area contributed by atoms with E-state index in [2.05, 4.69) is 34.3 Å². The molecule has 0 aromatic heterocycles. The van der Waals surface area contributed by atoms with Crippen molar-refractivity contribution in [2.75, 3.05) is 13.7 Å². The zero-order valence-electron chi connectivity index (χ0n) is 10.9. The van der Waals surface area contributed by atoms with Crippen molar-refractivity contribution in [1.82, 2.24) is 5.32 Å². The van der Waals surface area contributed by atoms with Crippen molar-refractivity contribution >= 4 is 5.97 Å². The predicted molar refractivity (Wildman–Crippen MR) is 71.5 cm³/mol. The molecule has 1 aromatic rings. The summed E-state index contributed by atoms with van der Waals surface area (Å²) in [5.41, 5.74) is 2.96. The first-order chi connectivity index (χ1) is 8.79. The molecule has 0 aliphatic heterocycles. The normalized spacial score (nSPS) is 18.2. The van der Waals surface area contributed by atoms with Crippen LogP contribution in [0.5, 0.6) is 0 Å². The summed E-state index contributed by atoms with van der Waals surface area (Å²) in [6.45, 7) is 0.891. The Morgan fingerprint density at radius 1 is 1.39 bits per heavy atom. The molecule has 0 fully saturated rings. The Kier molecular flexibility index (Phi) is 4.76. The van der Waals surface area contributed by atoms with E-state index in [1.165, 1.54) is 24.7 Å². The second-order valence-corrected chi connectivity index (χ2v) is 4.84. The number of esters is 1. The quantitative estimate of drug-likeness (QED) is 0.639. The Morgan fingerprint density at radius 2 is 2.17 bits per heavy atom. The van der Waals surface area contributed by atoms with Crippen molar-refractivity contribution in [3.05, 3.63) is 35.4 Å². The Morgan fingerprint density at radius 3 is 2.94 bits per heavy atom. The first-order valence-corrected chi connectivity index (χ1v) is 6.66. The minimum atomic E-state index is -0.120. The number of carbonyl (C=O) groups is 1. The molecule has 98 valence electrons. The van der Waals surface area contributed by atoms with E-state index in [9.17, 15) is 4.79 Å². The highest BCUT2D eigenvalue weighted by atomic mass is 16.5. The largest absolute Gasteiger partial charge is 0.469 e. The third-order valence-corrected chi connectivity index (χ3v) is 3.57. The Bertz CT molecular complexity index is 403. The van der Waals surface area contributed by atoms with Gasteiger partial charge in [0.2, 0.25) is 0 Å². The van der Waals surface area contributed by atoms with E-state index in [1.54, 1.807) is 0 Å². The van der Waals surface area contributed by atoms with E-state index in [1.807, 2.05) is 0 Å². The van der Waals surface area contributed by atoms with Gasteiger partial charge in [0.05, 0.1) is 7.11 Å². The van der Waals surface area contributed by atoms with Crippen molar-refractivity contribution < 1.29 is 9.53 Å². The molecule has 2 rings (SSSR count). The van der Waals surface area contributed by atoms with E-state index in [0.717, 1.165) is 25.8 Å². The van der Waals surface area contributed by atoms with Crippen LogP contribution in [0.25, 0.3) is 0 Å². The lowest BCUT2D eigenvalue weighted by molar-refractivity contribution is -0.140. The van der Waals surface area contributed by atoms with E-state index >= 15 is 0 Å². The van der Waals surface area contributed by atoms with Gasteiger partial charge in [-0.15, -0.1) is 0 Å². The average Bonchev–Trinajstić information content (AvgIpc) is 2.43. The zero-order valence-corrected chi connectivity index (χ0v) is 10.9. The van der Waals surface area contributed by atoms with Crippen LogP contribution in [0.3, 0.4) is 0 Å². The number of hydrogen-bond donors (Lipinski definition) is 1. The lowest BCUT2D eigenvalue weighted by Crippen LogP contribution is -2.35. The average molecular weight is 247 g/mol. The molecule has 3 heteroatoms. The van der Waals surface area contributed by atoms with Crippen LogP contribution >= 0.6 is 0 Å². The molecule has 0 saturated carbocycles. The standard InChI is InChI=1S/C15H21NO2/c1-18-15(17)7-4-10-16-14-9-8-12-5-2-3-6-13(12)11-14/h2-3,5-6,14,16H,4,7-11H2,1H3. The first kappa shape index (κ1) is 13.1.